The highest BCUT2D eigenvalue weighted by atomic mass is 16.2. The fourth-order valence-corrected chi connectivity index (χ4v) is 2.28. The third-order valence-electron chi connectivity index (χ3n) is 3.73. The van der Waals surface area contributed by atoms with Crippen molar-refractivity contribution in [3.63, 3.8) is 0 Å². The molecule has 0 fully saturated rings. The van der Waals surface area contributed by atoms with Crippen LogP contribution in [-0.4, -0.2) is 35.3 Å². The van der Waals surface area contributed by atoms with Gasteiger partial charge in [0.15, 0.2) is 0 Å². The summed E-state index contributed by atoms with van der Waals surface area (Å²) < 4.78 is 0. The Labute approximate surface area is 147 Å². The van der Waals surface area contributed by atoms with Gasteiger partial charge in [0.1, 0.15) is 11.8 Å². The maximum Gasteiger partial charge on any atom is 0.274 e. The monoisotopic (exact) mass is 336 g/mol. The smallest absolute Gasteiger partial charge is 0.274 e. The van der Waals surface area contributed by atoms with E-state index in [4.69, 9.17) is 5.26 Å². The lowest BCUT2D eigenvalue weighted by Gasteiger charge is -2.17. The average molecular weight is 336 g/mol. The number of carbonyl (C=O) groups is 2. The molecule has 25 heavy (non-hydrogen) atoms. The molecule has 0 unspecified atom stereocenters. The number of hydrogen-bond donors (Lipinski definition) is 1. The van der Waals surface area contributed by atoms with E-state index >= 15 is 0 Å². The molecule has 0 saturated heterocycles. The molecule has 0 radical (unpaired) electrons. The second-order valence-electron chi connectivity index (χ2n) is 5.62. The minimum Gasteiger partial charge on any atom is -0.342 e. The molecule has 0 aliphatic heterocycles. The van der Waals surface area contributed by atoms with Crippen LogP contribution in [-0.2, 0) is 0 Å². The van der Waals surface area contributed by atoms with Gasteiger partial charge in [-0.3, -0.25) is 14.6 Å². The van der Waals surface area contributed by atoms with Crippen LogP contribution in [0.2, 0.25) is 0 Å². The molecule has 0 atom stereocenters. The van der Waals surface area contributed by atoms with Gasteiger partial charge in [-0.05, 0) is 30.7 Å². The van der Waals surface area contributed by atoms with E-state index in [9.17, 15) is 9.59 Å². The van der Waals surface area contributed by atoms with Gasteiger partial charge in [-0.15, -0.1) is 0 Å². The first-order valence-electron chi connectivity index (χ1n) is 8.08. The number of rotatable bonds is 6. The van der Waals surface area contributed by atoms with Crippen LogP contribution >= 0.6 is 0 Å². The highest BCUT2D eigenvalue weighted by molar-refractivity contribution is 6.05. The second kappa shape index (κ2) is 8.60. The van der Waals surface area contributed by atoms with E-state index in [2.05, 4.69) is 17.2 Å². The summed E-state index contributed by atoms with van der Waals surface area (Å²) >= 11 is 0. The zero-order chi connectivity index (χ0) is 18.2. The molecular formula is C19H20N4O2. The first-order chi connectivity index (χ1) is 12.1. The fraction of sp³-hybridized carbons (Fsp3) is 0.263. The number of amides is 2. The first kappa shape index (κ1) is 18.1. The fourth-order valence-electron chi connectivity index (χ4n) is 2.28. The highest BCUT2D eigenvalue weighted by Gasteiger charge is 2.15. The first-order valence-corrected chi connectivity index (χ1v) is 8.08. The van der Waals surface area contributed by atoms with Crippen LogP contribution in [0, 0.1) is 11.3 Å². The topological polar surface area (TPSA) is 86.1 Å². The van der Waals surface area contributed by atoms with Crippen molar-refractivity contribution in [3.05, 3.63) is 59.4 Å². The Morgan fingerprint density at radius 2 is 2.04 bits per heavy atom. The summed E-state index contributed by atoms with van der Waals surface area (Å²) in [5.74, 6) is -0.615. The van der Waals surface area contributed by atoms with Gasteiger partial charge < -0.3 is 10.2 Å². The van der Waals surface area contributed by atoms with E-state index in [1.807, 2.05) is 6.07 Å². The van der Waals surface area contributed by atoms with Crippen molar-refractivity contribution in [2.75, 3.05) is 18.9 Å². The van der Waals surface area contributed by atoms with Crippen molar-refractivity contribution in [1.29, 1.82) is 5.26 Å². The number of carbonyl (C=O) groups excluding carboxylic acids is 2. The number of hydrogen-bond acceptors (Lipinski definition) is 4. The summed E-state index contributed by atoms with van der Waals surface area (Å²) in [6.45, 7) is 2.72. The third-order valence-corrected chi connectivity index (χ3v) is 3.73. The van der Waals surface area contributed by atoms with Gasteiger partial charge in [0, 0.05) is 25.4 Å². The average Bonchev–Trinajstić information content (AvgIpc) is 2.65. The van der Waals surface area contributed by atoms with Crippen molar-refractivity contribution in [2.45, 2.75) is 19.8 Å². The Morgan fingerprint density at radius 1 is 1.28 bits per heavy atom. The van der Waals surface area contributed by atoms with E-state index in [0.717, 1.165) is 12.8 Å². The van der Waals surface area contributed by atoms with E-state index < -0.39 is 5.91 Å². The van der Waals surface area contributed by atoms with Crippen LogP contribution in [0.3, 0.4) is 0 Å². The lowest BCUT2D eigenvalue weighted by molar-refractivity contribution is 0.0793. The molecule has 0 saturated carbocycles. The molecule has 1 heterocycles. The van der Waals surface area contributed by atoms with Crippen molar-refractivity contribution in [1.82, 2.24) is 9.88 Å². The molecule has 1 aromatic carbocycles. The minimum absolute atomic E-state index is 0.127. The van der Waals surface area contributed by atoms with Crippen LogP contribution < -0.4 is 5.32 Å². The van der Waals surface area contributed by atoms with Crippen LogP contribution in [0.5, 0.6) is 0 Å². The number of aromatic nitrogens is 1. The SMILES string of the molecule is CCCCN(C)C(=O)c1ccnc(C(=O)Nc2ccccc2C#N)c1. The number of pyridine rings is 1. The van der Waals surface area contributed by atoms with Gasteiger partial charge >= 0.3 is 0 Å². The number of para-hydroxylation sites is 1. The Balaban J connectivity index is 2.16. The van der Waals surface area contributed by atoms with Gasteiger partial charge in [0.05, 0.1) is 11.3 Å². The number of benzene rings is 1. The summed E-state index contributed by atoms with van der Waals surface area (Å²) in [4.78, 5) is 30.5. The summed E-state index contributed by atoms with van der Waals surface area (Å²) in [6.07, 6.45) is 3.36. The quantitative estimate of drug-likeness (QED) is 0.878. The number of nitrogens with zero attached hydrogens (tertiary/aromatic N) is 3. The predicted molar refractivity (Wildman–Crippen MR) is 95.2 cm³/mol. The molecule has 2 rings (SSSR count). The van der Waals surface area contributed by atoms with Crippen LogP contribution in [0.1, 0.15) is 46.2 Å². The molecule has 128 valence electrons. The number of nitriles is 1. The standard InChI is InChI=1S/C19H20N4O2/c1-3-4-11-23(2)19(25)14-9-10-21-17(12-14)18(24)22-16-8-6-5-7-15(16)13-20/h5-10,12H,3-4,11H2,1-2H3,(H,22,24). The summed E-state index contributed by atoms with van der Waals surface area (Å²) in [5, 5.41) is 11.7. The number of nitrogens with one attached hydrogen (secondary N) is 1. The maximum absolute atomic E-state index is 12.4. The van der Waals surface area contributed by atoms with E-state index in [-0.39, 0.29) is 11.6 Å². The maximum atomic E-state index is 12.4. The van der Waals surface area contributed by atoms with E-state index in [0.29, 0.717) is 23.4 Å². The molecule has 1 aromatic heterocycles. The molecule has 0 bridgehead atoms. The molecule has 0 spiro atoms. The Kier molecular flexibility index (Phi) is 6.24. The zero-order valence-corrected chi connectivity index (χ0v) is 14.3. The van der Waals surface area contributed by atoms with Gasteiger partial charge in [-0.25, -0.2) is 0 Å². The van der Waals surface area contributed by atoms with Gasteiger partial charge in [-0.1, -0.05) is 25.5 Å². The molecule has 6 nitrogen and oxygen atoms in total. The second-order valence-corrected chi connectivity index (χ2v) is 5.62. The molecule has 2 aromatic rings. The predicted octanol–water partition coefficient (Wildman–Crippen LogP) is 3.08. The lowest BCUT2D eigenvalue weighted by Crippen LogP contribution is -2.28. The largest absolute Gasteiger partial charge is 0.342 e. The highest BCUT2D eigenvalue weighted by Crippen LogP contribution is 2.15. The van der Waals surface area contributed by atoms with Crippen LogP contribution in [0.4, 0.5) is 5.69 Å². The van der Waals surface area contributed by atoms with E-state index in [1.54, 1.807) is 42.3 Å². The summed E-state index contributed by atoms with van der Waals surface area (Å²) in [7, 11) is 1.74. The number of anilines is 1. The molecule has 6 heteroatoms. The van der Waals surface area contributed by atoms with Crippen LogP contribution in [0.25, 0.3) is 0 Å². The van der Waals surface area contributed by atoms with E-state index in [1.165, 1.54) is 12.3 Å². The zero-order valence-electron chi connectivity index (χ0n) is 14.3. The van der Waals surface area contributed by atoms with Gasteiger partial charge in [0.25, 0.3) is 11.8 Å². The number of unbranched alkanes of at least 4 members (excludes halogenated alkanes) is 1. The normalized spacial score (nSPS) is 9.96. The summed E-state index contributed by atoms with van der Waals surface area (Å²) in [6, 6.07) is 11.8. The Hall–Kier alpha value is -3.20. The Bertz CT molecular complexity index is 811. The molecule has 2 amide bonds. The van der Waals surface area contributed by atoms with Crippen molar-refractivity contribution >= 4 is 17.5 Å². The Morgan fingerprint density at radius 3 is 2.76 bits per heavy atom. The van der Waals surface area contributed by atoms with Crippen LogP contribution in [0.15, 0.2) is 42.6 Å². The minimum atomic E-state index is -0.464. The molecule has 0 aliphatic rings. The molecular weight excluding hydrogens is 316 g/mol. The summed E-state index contributed by atoms with van der Waals surface area (Å²) in [5.41, 5.74) is 1.31. The van der Waals surface area contributed by atoms with Gasteiger partial charge in [-0.2, -0.15) is 5.26 Å². The third kappa shape index (κ3) is 4.64. The van der Waals surface area contributed by atoms with Crippen molar-refractivity contribution in [3.8, 4) is 6.07 Å². The van der Waals surface area contributed by atoms with Gasteiger partial charge in [0.2, 0.25) is 0 Å². The lowest BCUT2D eigenvalue weighted by atomic mass is 10.1. The van der Waals surface area contributed by atoms with Crippen molar-refractivity contribution in [2.24, 2.45) is 0 Å². The molecule has 0 aliphatic carbocycles. The molecule has 1 N–H and O–H groups in total. The van der Waals surface area contributed by atoms with Crippen molar-refractivity contribution < 1.29 is 9.59 Å².